The maximum atomic E-state index is 13.0. The predicted molar refractivity (Wildman–Crippen MR) is 140 cm³/mol. The van der Waals surface area contributed by atoms with Gasteiger partial charge in [0.15, 0.2) is 11.9 Å². The van der Waals surface area contributed by atoms with E-state index in [4.69, 9.17) is 34.4 Å². The number of primary amides is 1. The van der Waals surface area contributed by atoms with Gasteiger partial charge in [-0.1, -0.05) is 13.8 Å². The van der Waals surface area contributed by atoms with Crippen molar-refractivity contribution in [3.63, 3.8) is 0 Å². The van der Waals surface area contributed by atoms with Crippen molar-refractivity contribution in [2.24, 2.45) is 50.3 Å². The van der Waals surface area contributed by atoms with Gasteiger partial charge in [0.25, 0.3) is 0 Å². The molecular weight excluding hydrogens is 502 g/mol. The Morgan fingerprint density at radius 1 is 0.737 bits per heavy atom. The Morgan fingerprint density at radius 2 is 1.24 bits per heavy atom. The SMILES string of the molecule is CC(C)C(NC(=O)C(N)CCCN=C(N)N)C(=O)NC(CC(N)=O)C(=O)NC(CCCN=C(N)N)C(=O)O. The average molecular weight is 544 g/mol. The summed E-state index contributed by atoms with van der Waals surface area (Å²) < 4.78 is 0. The van der Waals surface area contributed by atoms with Crippen LogP contribution >= 0.6 is 0 Å². The highest BCUT2D eigenvalue weighted by atomic mass is 16.4. The number of amides is 4. The van der Waals surface area contributed by atoms with E-state index in [1.165, 1.54) is 0 Å². The van der Waals surface area contributed by atoms with E-state index in [2.05, 4.69) is 25.9 Å². The lowest BCUT2D eigenvalue weighted by Gasteiger charge is -2.26. The predicted octanol–water partition coefficient (Wildman–Crippen LogP) is -4.51. The Balaban J connectivity index is 5.34. The molecule has 0 aromatic rings. The van der Waals surface area contributed by atoms with Crippen molar-refractivity contribution in [3.8, 4) is 0 Å². The highest BCUT2D eigenvalue weighted by molar-refractivity contribution is 5.96. The summed E-state index contributed by atoms with van der Waals surface area (Å²) in [5.74, 6) is -5.30. The van der Waals surface area contributed by atoms with Crippen LogP contribution in [0.25, 0.3) is 0 Å². The van der Waals surface area contributed by atoms with Gasteiger partial charge in [-0.05, 0) is 31.6 Å². The van der Waals surface area contributed by atoms with Crippen LogP contribution < -0.4 is 50.4 Å². The van der Waals surface area contributed by atoms with Crippen LogP contribution in [0.5, 0.6) is 0 Å². The van der Waals surface area contributed by atoms with Crippen molar-refractivity contribution in [2.75, 3.05) is 13.1 Å². The summed E-state index contributed by atoms with van der Waals surface area (Å²) in [6.45, 7) is 3.70. The molecule has 0 aromatic heterocycles. The van der Waals surface area contributed by atoms with Gasteiger partial charge in [0.05, 0.1) is 12.5 Å². The van der Waals surface area contributed by atoms with Gasteiger partial charge in [-0.2, -0.15) is 0 Å². The van der Waals surface area contributed by atoms with Crippen LogP contribution in [0, 0.1) is 5.92 Å². The van der Waals surface area contributed by atoms with E-state index in [1.807, 2.05) is 0 Å². The van der Waals surface area contributed by atoms with Gasteiger partial charge in [0.1, 0.15) is 18.1 Å². The highest BCUT2D eigenvalue weighted by Crippen LogP contribution is 2.07. The summed E-state index contributed by atoms with van der Waals surface area (Å²) in [4.78, 5) is 69.0. The van der Waals surface area contributed by atoms with E-state index in [0.29, 0.717) is 6.42 Å². The van der Waals surface area contributed by atoms with Gasteiger partial charge in [-0.15, -0.1) is 0 Å². The summed E-state index contributed by atoms with van der Waals surface area (Å²) in [5.41, 5.74) is 32.0. The first-order valence-electron chi connectivity index (χ1n) is 11.9. The maximum Gasteiger partial charge on any atom is 0.326 e. The minimum Gasteiger partial charge on any atom is -0.480 e. The third-order valence-electron chi connectivity index (χ3n) is 5.15. The highest BCUT2D eigenvalue weighted by Gasteiger charge is 2.32. The van der Waals surface area contributed by atoms with Crippen molar-refractivity contribution < 1.29 is 29.1 Å². The molecule has 0 saturated carbocycles. The molecule has 0 heterocycles. The molecule has 17 nitrogen and oxygen atoms in total. The van der Waals surface area contributed by atoms with Crippen LogP contribution in [0.4, 0.5) is 0 Å². The normalized spacial score (nSPS) is 13.8. The molecule has 0 aliphatic carbocycles. The molecule has 4 unspecified atom stereocenters. The van der Waals surface area contributed by atoms with Gasteiger partial charge in [0, 0.05) is 13.1 Å². The summed E-state index contributed by atoms with van der Waals surface area (Å²) in [6.07, 6.45) is 0.252. The van der Waals surface area contributed by atoms with E-state index < -0.39 is 66.1 Å². The standard InChI is InChI=1S/C21H41N11O6/c1-10(2)15(32-16(34)11(22)5-3-7-28-20(24)25)18(36)31-13(9-14(23)33)17(35)30-12(19(37)38)6-4-8-29-21(26)27/h10-13,15H,3-9,22H2,1-2H3,(H2,23,33)(H,30,35)(H,31,36)(H,32,34)(H,37,38)(H4,24,25,28)(H4,26,27,29). The van der Waals surface area contributed by atoms with E-state index in [0.717, 1.165) is 0 Å². The Labute approximate surface area is 220 Å². The quantitative estimate of drug-likeness (QED) is 0.0446. The zero-order valence-electron chi connectivity index (χ0n) is 21.7. The van der Waals surface area contributed by atoms with Crippen LogP contribution in [-0.4, -0.2) is 83.9 Å². The number of carboxylic acid groups (broad SMARTS) is 1. The van der Waals surface area contributed by atoms with Crippen molar-refractivity contribution in [1.82, 2.24) is 16.0 Å². The topological polar surface area (TPSA) is 323 Å². The van der Waals surface area contributed by atoms with E-state index >= 15 is 0 Å². The molecule has 0 bridgehead atoms. The zero-order chi connectivity index (χ0) is 29.4. The summed E-state index contributed by atoms with van der Waals surface area (Å²) in [6, 6.07) is -4.92. The Hall–Kier alpha value is -4.15. The number of nitrogens with zero attached hydrogens (tertiary/aromatic N) is 2. The van der Waals surface area contributed by atoms with E-state index in [1.54, 1.807) is 13.8 Å². The second-order valence-electron chi connectivity index (χ2n) is 8.87. The molecular formula is C21H41N11O6. The molecule has 216 valence electrons. The van der Waals surface area contributed by atoms with Gasteiger partial charge in [0.2, 0.25) is 23.6 Å². The first-order chi connectivity index (χ1) is 17.6. The molecule has 38 heavy (non-hydrogen) atoms. The van der Waals surface area contributed by atoms with Gasteiger partial charge in [-0.25, -0.2) is 4.79 Å². The van der Waals surface area contributed by atoms with Crippen molar-refractivity contribution >= 4 is 41.5 Å². The lowest BCUT2D eigenvalue weighted by molar-refractivity contribution is -0.142. The number of aliphatic carboxylic acids is 1. The smallest absolute Gasteiger partial charge is 0.326 e. The number of rotatable bonds is 18. The molecule has 0 aliphatic rings. The molecule has 4 atom stereocenters. The minimum atomic E-state index is -1.49. The van der Waals surface area contributed by atoms with Crippen LogP contribution in [0.15, 0.2) is 9.98 Å². The number of carboxylic acids is 1. The van der Waals surface area contributed by atoms with E-state index in [-0.39, 0.29) is 44.3 Å². The maximum absolute atomic E-state index is 13.0. The first kappa shape index (κ1) is 33.8. The van der Waals surface area contributed by atoms with Crippen LogP contribution in [0.2, 0.25) is 0 Å². The number of carbonyl (C=O) groups is 5. The molecule has 0 rings (SSSR count). The Bertz CT molecular complexity index is 885. The van der Waals surface area contributed by atoms with Gasteiger partial charge >= 0.3 is 5.97 Å². The second kappa shape index (κ2) is 17.3. The number of carbonyl (C=O) groups excluding carboxylic acids is 4. The molecule has 0 spiro atoms. The average Bonchev–Trinajstić information content (AvgIpc) is 2.80. The molecule has 16 N–H and O–H groups in total. The van der Waals surface area contributed by atoms with Gasteiger partial charge in [-0.3, -0.25) is 29.2 Å². The second-order valence-corrected chi connectivity index (χ2v) is 8.87. The van der Waals surface area contributed by atoms with E-state index in [9.17, 15) is 29.1 Å². The fraction of sp³-hybridized carbons (Fsp3) is 0.667. The number of aliphatic imine (C=N–C) groups is 2. The number of nitrogens with two attached hydrogens (primary N) is 6. The number of hydrogen-bond acceptors (Lipinski definition) is 8. The minimum absolute atomic E-state index is 0.0269. The first-order valence-corrected chi connectivity index (χ1v) is 11.9. The number of nitrogens with one attached hydrogen (secondary N) is 3. The Kier molecular flexibility index (Phi) is 15.4. The van der Waals surface area contributed by atoms with Crippen LogP contribution in [-0.2, 0) is 24.0 Å². The van der Waals surface area contributed by atoms with Gasteiger partial charge < -0.3 is 55.5 Å². The summed E-state index contributed by atoms with van der Waals surface area (Å²) in [7, 11) is 0. The third-order valence-corrected chi connectivity index (χ3v) is 5.15. The molecule has 0 aliphatic heterocycles. The van der Waals surface area contributed by atoms with Crippen LogP contribution in [0.3, 0.4) is 0 Å². The fourth-order valence-corrected chi connectivity index (χ4v) is 3.15. The van der Waals surface area contributed by atoms with Crippen molar-refractivity contribution in [1.29, 1.82) is 0 Å². The molecule has 0 aromatic carbocycles. The third kappa shape index (κ3) is 14.4. The largest absolute Gasteiger partial charge is 0.480 e. The molecule has 17 heteroatoms. The van der Waals surface area contributed by atoms with Crippen molar-refractivity contribution in [3.05, 3.63) is 0 Å². The lowest BCUT2D eigenvalue weighted by Crippen LogP contribution is -2.59. The lowest BCUT2D eigenvalue weighted by atomic mass is 10.0. The molecule has 4 amide bonds. The summed E-state index contributed by atoms with van der Waals surface area (Å²) in [5, 5.41) is 16.6. The zero-order valence-corrected chi connectivity index (χ0v) is 21.7. The molecule has 0 saturated heterocycles. The van der Waals surface area contributed by atoms with Crippen LogP contribution in [0.1, 0.15) is 46.0 Å². The summed E-state index contributed by atoms with van der Waals surface area (Å²) >= 11 is 0. The molecule has 0 fully saturated rings. The number of hydrogen-bond donors (Lipinski definition) is 10. The monoisotopic (exact) mass is 543 g/mol. The number of guanidine groups is 2. The van der Waals surface area contributed by atoms with Crippen molar-refractivity contribution in [2.45, 2.75) is 70.1 Å². The fourth-order valence-electron chi connectivity index (χ4n) is 3.15. The Morgan fingerprint density at radius 3 is 1.68 bits per heavy atom. The molecule has 0 radical (unpaired) electrons.